The Morgan fingerprint density at radius 2 is 2.00 bits per heavy atom. The van der Waals surface area contributed by atoms with E-state index in [1.54, 1.807) is 25.1 Å². The van der Waals surface area contributed by atoms with Crippen LogP contribution in [0.4, 0.5) is 5.69 Å². The van der Waals surface area contributed by atoms with Crippen LogP contribution in [0.3, 0.4) is 0 Å². The molecule has 0 spiro atoms. The quantitative estimate of drug-likeness (QED) is 0.594. The molecule has 0 fully saturated rings. The van der Waals surface area contributed by atoms with E-state index in [1.807, 2.05) is 6.07 Å². The van der Waals surface area contributed by atoms with Crippen LogP contribution in [0.5, 0.6) is 11.5 Å². The van der Waals surface area contributed by atoms with Gasteiger partial charge in [0.15, 0.2) is 5.82 Å². The molecule has 0 atom stereocenters. The summed E-state index contributed by atoms with van der Waals surface area (Å²) in [5.74, 6) is 0.352. The first-order valence-corrected chi connectivity index (χ1v) is 6.86. The summed E-state index contributed by atoms with van der Waals surface area (Å²) in [5, 5.41) is 28.5. The lowest BCUT2D eigenvalue weighted by Crippen LogP contribution is -2.12. The second kappa shape index (κ2) is 5.80. The Balaban J connectivity index is 1.84. The van der Waals surface area contributed by atoms with Crippen molar-refractivity contribution in [1.29, 1.82) is 0 Å². The summed E-state index contributed by atoms with van der Waals surface area (Å²) in [6.45, 7) is 1.80. The van der Waals surface area contributed by atoms with Gasteiger partial charge in [0.1, 0.15) is 17.3 Å². The Morgan fingerprint density at radius 3 is 2.70 bits per heavy atom. The zero-order valence-corrected chi connectivity index (χ0v) is 12.2. The van der Waals surface area contributed by atoms with E-state index < -0.39 is 5.91 Å². The molecule has 116 valence electrons. The highest BCUT2D eigenvalue weighted by atomic mass is 16.3. The molecular weight excluding hydrogens is 296 g/mol. The van der Waals surface area contributed by atoms with E-state index in [2.05, 4.69) is 20.5 Å². The maximum atomic E-state index is 12.2. The maximum absolute atomic E-state index is 12.2. The fourth-order valence-electron chi connectivity index (χ4n) is 2.12. The number of amides is 1. The molecule has 3 rings (SSSR count). The van der Waals surface area contributed by atoms with Crippen LogP contribution in [0.25, 0.3) is 11.4 Å². The van der Waals surface area contributed by atoms with Crippen LogP contribution >= 0.6 is 0 Å². The molecule has 0 radical (unpaired) electrons. The van der Waals surface area contributed by atoms with Gasteiger partial charge in [-0.2, -0.15) is 5.10 Å². The molecule has 2 aromatic carbocycles. The van der Waals surface area contributed by atoms with Crippen LogP contribution in [0.15, 0.2) is 42.5 Å². The number of phenolic OH excluding ortho intramolecular Hbond substituents is 2. The molecule has 7 nitrogen and oxygen atoms in total. The van der Waals surface area contributed by atoms with Gasteiger partial charge in [-0.1, -0.05) is 12.1 Å². The summed E-state index contributed by atoms with van der Waals surface area (Å²) in [6, 6.07) is 10.9. The van der Waals surface area contributed by atoms with E-state index in [0.29, 0.717) is 17.3 Å². The average molecular weight is 310 g/mol. The zero-order valence-electron chi connectivity index (χ0n) is 12.2. The van der Waals surface area contributed by atoms with Gasteiger partial charge in [-0.25, -0.2) is 4.98 Å². The predicted molar refractivity (Wildman–Crippen MR) is 84.3 cm³/mol. The Bertz CT molecular complexity index is 873. The Kier molecular flexibility index (Phi) is 3.68. The lowest BCUT2D eigenvalue weighted by Gasteiger charge is -2.08. The molecule has 0 bridgehead atoms. The third-order valence-corrected chi connectivity index (χ3v) is 3.20. The molecule has 0 saturated carbocycles. The van der Waals surface area contributed by atoms with Gasteiger partial charge in [-0.15, -0.1) is 0 Å². The van der Waals surface area contributed by atoms with E-state index in [-0.39, 0.29) is 17.1 Å². The van der Waals surface area contributed by atoms with Gasteiger partial charge in [0.05, 0.1) is 5.56 Å². The molecular formula is C16H14N4O3. The number of nitrogens with one attached hydrogen (secondary N) is 2. The second-order valence-corrected chi connectivity index (χ2v) is 4.98. The number of anilines is 1. The van der Waals surface area contributed by atoms with Crippen molar-refractivity contribution < 1.29 is 15.0 Å². The Morgan fingerprint density at radius 1 is 1.17 bits per heavy atom. The van der Waals surface area contributed by atoms with Crippen LogP contribution in [0, 0.1) is 6.92 Å². The van der Waals surface area contributed by atoms with Crippen LogP contribution in [0.1, 0.15) is 16.2 Å². The largest absolute Gasteiger partial charge is 0.508 e. The molecule has 0 unspecified atom stereocenters. The Labute approximate surface area is 131 Å². The van der Waals surface area contributed by atoms with Crippen LogP contribution in [-0.4, -0.2) is 31.3 Å². The highest BCUT2D eigenvalue weighted by Gasteiger charge is 2.12. The van der Waals surface area contributed by atoms with Gasteiger partial charge in [0.2, 0.25) is 0 Å². The van der Waals surface area contributed by atoms with Gasteiger partial charge in [0.25, 0.3) is 5.91 Å². The molecule has 0 aliphatic rings. The number of rotatable bonds is 3. The van der Waals surface area contributed by atoms with Crippen molar-refractivity contribution in [3.05, 3.63) is 53.9 Å². The lowest BCUT2D eigenvalue weighted by atomic mass is 10.1. The minimum Gasteiger partial charge on any atom is -0.508 e. The van der Waals surface area contributed by atoms with Crippen molar-refractivity contribution in [2.75, 3.05) is 5.32 Å². The van der Waals surface area contributed by atoms with E-state index in [4.69, 9.17) is 0 Å². The molecule has 7 heteroatoms. The summed E-state index contributed by atoms with van der Waals surface area (Å²) in [6.07, 6.45) is 0. The summed E-state index contributed by atoms with van der Waals surface area (Å²) in [4.78, 5) is 16.4. The average Bonchev–Trinajstić information content (AvgIpc) is 2.94. The molecule has 0 aliphatic carbocycles. The van der Waals surface area contributed by atoms with Crippen molar-refractivity contribution in [3.8, 4) is 22.9 Å². The molecule has 1 aromatic heterocycles. The minimum absolute atomic E-state index is 0.0712. The summed E-state index contributed by atoms with van der Waals surface area (Å²) in [7, 11) is 0. The molecule has 1 amide bonds. The third-order valence-electron chi connectivity index (χ3n) is 3.20. The highest BCUT2D eigenvalue weighted by molar-refractivity contribution is 6.06. The number of nitrogens with zero attached hydrogens (tertiary/aromatic N) is 2. The van der Waals surface area contributed by atoms with Crippen LogP contribution < -0.4 is 5.32 Å². The molecule has 23 heavy (non-hydrogen) atoms. The predicted octanol–water partition coefficient (Wildman–Crippen LogP) is 2.44. The fraction of sp³-hybridized carbons (Fsp3) is 0.0625. The van der Waals surface area contributed by atoms with Crippen molar-refractivity contribution in [3.63, 3.8) is 0 Å². The summed E-state index contributed by atoms with van der Waals surface area (Å²) >= 11 is 0. The number of aromatic amines is 1. The summed E-state index contributed by atoms with van der Waals surface area (Å²) < 4.78 is 0. The number of aromatic hydroxyl groups is 2. The van der Waals surface area contributed by atoms with Gasteiger partial charge in [0, 0.05) is 17.3 Å². The topological polar surface area (TPSA) is 111 Å². The number of phenols is 2. The first-order valence-electron chi connectivity index (χ1n) is 6.86. The number of benzene rings is 2. The molecule has 0 saturated heterocycles. The van der Waals surface area contributed by atoms with Crippen molar-refractivity contribution in [2.24, 2.45) is 0 Å². The standard InChI is InChI=1S/C16H14N4O3/c1-9-17-15(20-19-9)10-3-2-4-11(7-10)18-16(23)13-6-5-12(21)8-14(13)22/h2-8,21-22H,1H3,(H,18,23)(H,17,19,20). The molecule has 4 N–H and O–H groups in total. The SMILES string of the molecule is Cc1nc(-c2cccc(NC(=O)c3ccc(O)cc3O)c2)n[nH]1. The monoisotopic (exact) mass is 310 g/mol. The number of hydrogen-bond acceptors (Lipinski definition) is 5. The first-order chi connectivity index (χ1) is 11.0. The highest BCUT2D eigenvalue weighted by Crippen LogP contribution is 2.24. The normalized spacial score (nSPS) is 10.5. The lowest BCUT2D eigenvalue weighted by molar-refractivity contribution is 0.102. The molecule has 3 aromatic rings. The van der Waals surface area contributed by atoms with Crippen molar-refractivity contribution in [2.45, 2.75) is 6.92 Å². The van der Waals surface area contributed by atoms with Crippen molar-refractivity contribution >= 4 is 11.6 Å². The van der Waals surface area contributed by atoms with E-state index in [1.165, 1.54) is 12.1 Å². The van der Waals surface area contributed by atoms with Gasteiger partial charge < -0.3 is 15.5 Å². The fourth-order valence-corrected chi connectivity index (χ4v) is 2.12. The third kappa shape index (κ3) is 3.13. The smallest absolute Gasteiger partial charge is 0.259 e. The zero-order chi connectivity index (χ0) is 16.4. The molecule has 1 heterocycles. The number of aromatic nitrogens is 3. The second-order valence-electron chi connectivity index (χ2n) is 4.98. The van der Waals surface area contributed by atoms with Crippen LogP contribution in [-0.2, 0) is 0 Å². The number of aryl methyl sites for hydroxylation is 1. The van der Waals surface area contributed by atoms with Gasteiger partial charge in [-0.05, 0) is 31.2 Å². The van der Waals surface area contributed by atoms with Crippen molar-refractivity contribution in [1.82, 2.24) is 15.2 Å². The first kappa shape index (κ1) is 14.6. The maximum Gasteiger partial charge on any atom is 0.259 e. The molecule has 0 aliphatic heterocycles. The Hall–Kier alpha value is -3.35. The number of hydrogen-bond donors (Lipinski definition) is 4. The number of carbonyl (C=O) groups excluding carboxylic acids is 1. The van der Waals surface area contributed by atoms with E-state index >= 15 is 0 Å². The van der Waals surface area contributed by atoms with Crippen LogP contribution in [0.2, 0.25) is 0 Å². The number of H-pyrrole nitrogens is 1. The minimum atomic E-state index is -0.481. The number of carbonyl (C=O) groups is 1. The van der Waals surface area contributed by atoms with Gasteiger partial charge >= 0.3 is 0 Å². The van der Waals surface area contributed by atoms with Gasteiger partial charge in [-0.3, -0.25) is 9.89 Å². The van der Waals surface area contributed by atoms with E-state index in [9.17, 15) is 15.0 Å². The summed E-state index contributed by atoms with van der Waals surface area (Å²) in [5.41, 5.74) is 1.37. The van der Waals surface area contributed by atoms with E-state index in [0.717, 1.165) is 11.6 Å².